The normalized spacial score (nSPS) is 12.0. The molecule has 1 rings (SSSR count). The number of carboxylic acids is 1. The van der Waals surface area contributed by atoms with Gasteiger partial charge in [-0.1, -0.05) is 30.3 Å². The molecule has 0 aliphatic rings. The molecule has 116 valence electrons. The lowest BCUT2D eigenvalue weighted by atomic mass is 10.1. The number of amides is 2. The molecule has 5 heteroatoms. The second-order valence-electron chi connectivity index (χ2n) is 5.49. The van der Waals surface area contributed by atoms with Gasteiger partial charge < -0.3 is 15.3 Å². The zero-order valence-corrected chi connectivity index (χ0v) is 12.9. The minimum atomic E-state index is -0.846. The standard InChI is InChI=1S/C16H24N2O3/c1-12(2)18(11-14-7-5-4-6-8-14)16(21)17-13(3)9-10-15(19)20/h4-8,12-13H,9-11H2,1-3H3,(H,17,21)(H,19,20). The van der Waals surface area contributed by atoms with Gasteiger partial charge in [-0.2, -0.15) is 0 Å². The molecule has 0 radical (unpaired) electrons. The first kappa shape index (κ1) is 17.0. The summed E-state index contributed by atoms with van der Waals surface area (Å²) in [6.45, 7) is 6.28. The van der Waals surface area contributed by atoms with Gasteiger partial charge in [0.05, 0.1) is 0 Å². The summed E-state index contributed by atoms with van der Waals surface area (Å²) in [6, 6.07) is 9.54. The van der Waals surface area contributed by atoms with Gasteiger partial charge in [0.15, 0.2) is 0 Å². The van der Waals surface area contributed by atoms with Crippen molar-refractivity contribution >= 4 is 12.0 Å². The highest BCUT2D eigenvalue weighted by Crippen LogP contribution is 2.09. The largest absolute Gasteiger partial charge is 0.481 e. The number of rotatable bonds is 7. The molecule has 0 aromatic heterocycles. The number of nitrogens with one attached hydrogen (secondary N) is 1. The third-order valence-corrected chi connectivity index (χ3v) is 3.24. The van der Waals surface area contributed by atoms with E-state index in [1.807, 2.05) is 51.1 Å². The van der Waals surface area contributed by atoms with Crippen molar-refractivity contribution in [2.45, 2.75) is 52.2 Å². The third-order valence-electron chi connectivity index (χ3n) is 3.24. The van der Waals surface area contributed by atoms with Gasteiger partial charge in [0.1, 0.15) is 0 Å². The van der Waals surface area contributed by atoms with Crippen LogP contribution in [0.5, 0.6) is 0 Å². The maximum atomic E-state index is 12.3. The molecular formula is C16H24N2O3. The zero-order valence-electron chi connectivity index (χ0n) is 12.9. The van der Waals surface area contributed by atoms with Crippen LogP contribution in [-0.4, -0.2) is 34.1 Å². The molecule has 1 atom stereocenters. The number of carbonyl (C=O) groups excluding carboxylic acids is 1. The molecule has 0 aliphatic carbocycles. The van der Waals surface area contributed by atoms with Gasteiger partial charge in [0.2, 0.25) is 0 Å². The van der Waals surface area contributed by atoms with Gasteiger partial charge in [-0.15, -0.1) is 0 Å². The van der Waals surface area contributed by atoms with Crippen LogP contribution in [0.1, 0.15) is 39.2 Å². The van der Waals surface area contributed by atoms with Crippen molar-refractivity contribution in [3.63, 3.8) is 0 Å². The highest BCUT2D eigenvalue weighted by molar-refractivity contribution is 5.75. The van der Waals surface area contributed by atoms with Crippen LogP contribution in [0.3, 0.4) is 0 Å². The Balaban J connectivity index is 2.59. The van der Waals surface area contributed by atoms with Crippen molar-refractivity contribution < 1.29 is 14.7 Å². The van der Waals surface area contributed by atoms with E-state index in [1.54, 1.807) is 4.90 Å². The highest BCUT2D eigenvalue weighted by Gasteiger charge is 2.19. The van der Waals surface area contributed by atoms with Gasteiger partial charge in [-0.25, -0.2) is 4.79 Å². The van der Waals surface area contributed by atoms with Crippen LogP contribution >= 0.6 is 0 Å². The van der Waals surface area contributed by atoms with E-state index in [2.05, 4.69) is 5.32 Å². The molecule has 0 saturated carbocycles. The molecule has 1 unspecified atom stereocenters. The van der Waals surface area contributed by atoms with E-state index in [-0.39, 0.29) is 24.5 Å². The third kappa shape index (κ3) is 6.29. The lowest BCUT2D eigenvalue weighted by Crippen LogP contribution is -2.46. The van der Waals surface area contributed by atoms with Gasteiger partial charge in [0, 0.05) is 25.0 Å². The fourth-order valence-corrected chi connectivity index (χ4v) is 1.97. The van der Waals surface area contributed by atoms with E-state index in [4.69, 9.17) is 5.11 Å². The smallest absolute Gasteiger partial charge is 0.318 e. The van der Waals surface area contributed by atoms with Crippen LogP contribution in [0, 0.1) is 0 Å². The zero-order chi connectivity index (χ0) is 15.8. The molecule has 1 aromatic carbocycles. The molecule has 0 saturated heterocycles. The fraction of sp³-hybridized carbons (Fsp3) is 0.500. The summed E-state index contributed by atoms with van der Waals surface area (Å²) < 4.78 is 0. The first-order valence-corrected chi connectivity index (χ1v) is 7.23. The molecule has 0 bridgehead atoms. The Morgan fingerprint density at radius 3 is 2.33 bits per heavy atom. The number of carboxylic acid groups (broad SMARTS) is 1. The van der Waals surface area contributed by atoms with Gasteiger partial charge in [-0.3, -0.25) is 4.79 Å². The van der Waals surface area contributed by atoms with Crippen molar-refractivity contribution in [1.29, 1.82) is 0 Å². The topological polar surface area (TPSA) is 69.6 Å². The second-order valence-corrected chi connectivity index (χ2v) is 5.49. The number of benzene rings is 1. The fourth-order valence-electron chi connectivity index (χ4n) is 1.97. The summed E-state index contributed by atoms with van der Waals surface area (Å²) in [5.41, 5.74) is 1.07. The Bertz CT molecular complexity index is 460. The number of urea groups is 1. The lowest BCUT2D eigenvalue weighted by molar-refractivity contribution is -0.137. The molecule has 1 aromatic rings. The molecule has 2 amide bonds. The average Bonchev–Trinajstić information content (AvgIpc) is 2.43. The predicted octanol–water partition coefficient (Wildman–Crippen LogP) is 2.86. The first-order valence-electron chi connectivity index (χ1n) is 7.23. The summed E-state index contributed by atoms with van der Waals surface area (Å²) in [5.74, 6) is -0.846. The summed E-state index contributed by atoms with van der Waals surface area (Å²) in [6.07, 6.45) is 0.486. The SMILES string of the molecule is CC(CCC(=O)O)NC(=O)N(Cc1ccccc1)C(C)C. The van der Waals surface area contributed by atoms with Crippen LogP contribution in [0.15, 0.2) is 30.3 Å². The van der Waals surface area contributed by atoms with E-state index in [9.17, 15) is 9.59 Å². The quantitative estimate of drug-likeness (QED) is 0.812. The molecule has 0 fully saturated rings. The average molecular weight is 292 g/mol. The van der Waals surface area contributed by atoms with E-state index < -0.39 is 5.97 Å². The van der Waals surface area contributed by atoms with Crippen LogP contribution in [0.25, 0.3) is 0 Å². The molecule has 0 spiro atoms. The lowest BCUT2D eigenvalue weighted by Gasteiger charge is -2.28. The molecule has 0 heterocycles. The molecule has 21 heavy (non-hydrogen) atoms. The molecule has 0 aliphatic heterocycles. The number of hydrogen-bond donors (Lipinski definition) is 2. The van der Waals surface area contributed by atoms with E-state index in [0.29, 0.717) is 13.0 Å². The van der Waals surface area contributed by atoms with Gasteiger partial charge in [-0.05, 0) is 32.8 Å². The van der Waals surface area contributed by atoms with Gasteiger partial charge in [0.25, 0.3) is 0 Å². The maximum Gasteiger partial charge on any atom is 0.318 e. The summed E-state index contributed by atoms with van der Waals surface area (Å²) in [5, 5.41) is 11.5. The minimum absolute atomic E-state index is 0.0574. The predicted molar refractivity (Wildman–Crippen MR) is 82.0 cm³/mol. The number of carbonyl (C=O) groups is 2. The van der Waals surface area contributed by atoms with Crippen LogP contribution < -0.4 is 5.32 Å². The van der Waals surface area contributed by atoms with E-state index in [0.717, 1.165) is 5.56 Å². The molecule has 2 N–H and O–H groups in total. The van der Waals surface area contributed by atoms with Crippen molar-refractivity contribution in [2.24, 2.45) is 0 Å². The highest BCUT2D eigenvalue weighted by atomic mass is 16.4. The summed E-state index contributed by atoms with van der Waals surface area (Å²) in [4.78, 5) is 24.6. The van der Waals surface area contributed by atoms with E-state index in [1.165, 1.54) is 0 Å². The van der Waals surface area contributed by atoms with Crippen molar-refractivity contribution in [2.75, 3.05) is 0 Å². The van der Waals surface area contributed by atoms with E-state index >= 15 is 0 Å². The molecule has 5 nitrogen and oxygen atoms in total. The van der Waals surface area contributed by atoms with Crippen LogP contribution in [0.4, 0.5) is 4.79 Å². The van der Waals surface area contributed by atoms with Crippen LogP contribution in [0.2, 0.25) is 0 Å². The first-order chi connectivity index (χ1) is 9.90. The van der Waals surface area contributed by atoms with Crippen LogP contribution in [-0.2, 0) is 11.3 Å². The summed E-state index contributed by atoms with van der Waals surface area (Å²) >= 11 is 0. The minimum Gasteiger partial charge on any atom is -0.481 e. The van der Waals surface area contributed by atoms with Crippen molar-refractivity contribution in [3.8, 4) is 0 Å². The van der Waals surface area contributed by atoms with Gasteiger partial charge >= 0.3 is 12.0 Å². The number of nitrogens with zero attached hydrogens (tertiary/aromatic N) is 1. The Labute approximate surface area is 126 Å². The maximum absolute atomic E-state index is 12.3. The summed E-state index contributed by atoms with van der Waals surface area (Å²) in [7, 11) is 0. The number of hydrogen-bond acceptors (Lipinski definition) is 2. The molecular weight excluding hydrogens is 268 g/mol. The Morgan fingerprint density at radius 2 is 1.81 bits per heavy atom. The Hall–Kier alpha value is -2.04. The van der Waals surface area contributed by atoms with Crippen molar-refractivity contribution in [3.05, 3.63) is 35.9 Å². The monoisotopic (exact) mass is 292 g/mol. The Morgan fingerprint density at radius 1 is 1.19 bits per heavy atom. The Kier molecular flexibility index (Phi) is 6.72. The second kappa shape index (κ2) is 8.29. The number of aliphatic carboxylic acids is 1. The van der Waals surface area contributed by atoms with Crippen molar-refractivity contribution in [1.82, 2.24) is 10.2 Å².